The van der Waals surface area contributed by atoms with Gasteiger partial charge in [-0.1, -0.05) is 13.8 Å². The van der Waals surface area contributed by atoms with E-state index in [1.54, 1.807) is 13.8 Å². The van der Waals surface area contributed by atoms with Gasteiger partial charge < -0.3 is 26.1 Å². The van der Waals surface area contributed by atoms with E-state index in [-0.39, 0.29) is 36.0 Å². The van der Waals surface area contributed by atoms with E-state index in [2.05, 4.69) is 5.32 Å². The van der Waals surface area contributed by atoms with Crippen molar-refractivity contribution in [3.63, 3.8) is 0 Å². The van der Waals surface area contributed by atoms with Crippen LogP contribution in [0.5, 0.6) is 0 Å². The number of anilines is 1. The van der Waals surface area contributed by atoms with Crippen molar-refractivity contribution in [2.24, 2.45) is 16.9 Å². The Morgan fingerprint density at radius 2 is 1.76 bits per heavy atom. The van der Waals surface area contributed by atoms with Crippen LogP contribution in [-0.2, 0) is 32.2 Å². The zero-order valence-corrected chi connectivity index (χ0v) is 23.9. The summed E-state index contributed by atoms with van der Waals surface area (Å²) in [7, 11) is -3.67. The Morgan fingerprint density at radius 3 is 2.29 bits per heavy atom. The largest absolute Gasteiger partial charge is 0.460 e. The molecule has 1 heterocycles. The van der Waals surface area contributed by atoms with E-state index < -0.39 is 68.0 Å². The second-order valence-corrected chi connectivity index (χ2v) is 12.6. The normalized spacial score (nSPS) is 17.6. The number of Topliss-reactive ketones (excluding diaryl/α,β-unsaturated/α-hetero) is 1. The Hall–Kier alpha value is -3.50. The molecule has 6 N–H and O–H groups in total. The number of fused-ring (bicyclic) bond motifs is 1. The summed E-state index contributed by atoms with van der Waals surface area (Å²) in [6.07, 6.45) is -1.97. The Balaban J connectivity index is 0.000000892. The fourth-order valence-electron chi connectivity index (χ4n) is 5.08. The summed E-state index contributed by atoms with van der Waals surface area (Å²) < 4.78 is 89.0. The zero-order chi connectivity index (χ0) is 31.8. The maximum absolute atomic E-state index is 15.1. The first-order valence-electron chi connectivity index (χ1n) is 12.8. The van der Waals surface area contributed by atoms with Crippen LogP contribution in [-0.4, -0.2) is 53.7 Å². The first kappa shape index (κ1) is 33.0. The van der Waals surface area contributed by atoms with Crippen molar-refractivity contribution in [1.82, 2.24) is 4.57 Å². The highest BCUT2D eigenvalue weighted by atomic mass is 32.2. The van der Waals surface area contributed by atoms with E-state index in [0.29, 0.717) is 19.1 Å². The molecular formula is C26H32F4N4O7S. The summed E-state index contributed by atoms with van der Waals surface area (Å²) in [5.74, 6) is -3.81. The maximum atomic E-state index is 15.1. The number of nitrogens with zero attached hydrogens (tertiary/aromatic N) is 1. The third kappa shape index (κ3) is 8.07. The molecule has 2 aromatic rings. The van der Waals surface area contributed by atoms with Crippen molar-refractivity contribution in [3.05, 3.63) is 46.5 Å². The number of carbonyl (C=O) groups excluding carboxylic acids is 3. The van der Waals surface area contributed by atoms with E-state index in [1.165, 1.54) is 6.07 Å². The number of esters is 1. The van der Waals surface area contributed by atoms with Crippen molar-refractivity contribution < 1.29 is 49.7 Å². The number of rotatable bonds is 6. The number of ether oxygens (including phenoxy) is 1. The van der Waals surface area contributed by atoms with Crippen LogP contribution in [0, 0.1) is 11.2 Å². The first-order valence-corrected chi connectivity index (χ1v) is 14.7. The molecule has 1 aromatic heterocycles. The second kappa shape index (κ2) is 12.0. The molecule has 1 amide bonds. The molecule has 4 rings (SSSR count). The molecule has 42 heavy (non-hydrogen) atoms. The van der Waals surface area contributed by atoms with Crippen LogP contribution in [0.1, 0.15) is 77.9 Å². The molecule has 0 radical (unpaired) electrons. The average Bonchev–Trinajstić information content (AvgIpc) is 3.44. The molecule has 1 saturated carbocycles. The zero-order valence-electron chi connectivity index (χ0n) is 23.0. The van der Waals surface area contributed by atoms with Crippen molar-refractivity contribution in [2.45, 2.75) is 70.8 Å². The predicted molar refractivity (Wildman–Crippen MR) is 143 cm³/mol. The van der Waals surface area contributed by atoms with Gasteiger partial charge in [0.05, 0.1) is 34.3 Å². The molecular weight excluding hydrogens is 588 g/mol. The lowest BCUT2D eigenvalue weighted by Crippen LogP contribution is -2.41. The van der Waals surface area contributed by atoms with Gasteiger partial charge >= 0.3 is 12.1 Å². The number of primary amides is 1. The standard InChI is InChI=1S/C25H28F4N4O4.CH4O3S/c1-24(2)9-17-19(18(34)10-24)14(25(27,28)29)11-33(17)12-7-15(26)20(22(31)35)16(8-12)32-21(30)23(36)37-13-5-3-4-6-13;1-5(2,3)4/h7-8,11,13,21,32H,3-6,9-10,30H2,1-2H3,(H2,31,35);1H3,(H,2,3,4). The number of ketones is 1. The fourth-order valence-corrected chi connectivity index (χ4v) is 5.08. The first-order chi connectivity index (χ1) is 19.2. The van der Waals surface area contributed by atoms with E-state index in [4.69, 9.17) is 20.8 Å². The molecule has 1 atom stereocenters. The van der Waals surface area contributed by atoms with Gasteiger partial charge in [0.15, 0.2) is 11.9 Å². The summed E-state index contributed by atoms with van der Waals surface area (Å²) in [5, 5.41) is 2.52. The van der Waals surface area contributed by atoms with Gasteiger partial charge in [0.2, 0.25) is 0 Å². The molecule has 0 bridgehead atoms. The Kier molecular flexibility index (Phi) is 9.44. The van der Waals surface area contributed by atoms with E-state index in [9.17, 15) is 36.0 Å². The molecule has 1 fully saturated rings. The van der Waals surface area contributed by atoms with Crippen LogP contribution in [0.2, 0.25) is 0 Å². The molecule has 0 saturated heterocycles. The van der Waals surface area contributed by atoms with Crippen molar-refractivity contribution in [2.75, 3.05) is 11.6 Å². The summed E-state index contributed by atoms with van der Waals surface area (Å²) in [5.41, 5.74) is 8.04. The molecule has 2 aliphatic carbocycles. The minimum atomic E-state index is -4.83. The number of hydrogen-bond donors (Lipinski definition) is 4. The third-order valence-electron chi connectivity index (χ3n) is 6.73. The molecule has 16 heteroatoms. The number of nitrogens with two attached hydrogens (primary N) is 2. The second-order valence-electron chi connectivity index (χ2n) is 11.1. The highest BCUT2D eigenvalue weighted by Crippen LogP contribution is 2.43. The van der Waals surface area contributed by atoms with E-state index >= 15 is 4.39 Å². The number of nitrogens with one attached hydrogen (secondary N) is 1. The number of halogens is 4. The van der Waals surface area contributed by atoms with Gasteiger partial charge in [0, 0.05) is 18.3 Å². The van der Waals surface area contributed by atoms with Crippen LogP contribution >= 0.6 is 0 Å². The number of alkyl halides is 3. The van der Waals surface area contributed by atoms with Crippen LogP contribution in [0.3, 0.4) is 0 Å². The van der Waals surface area contributed by atoms with Gasteiger partial charge in [0.25, 0.3) is 16.0 Å². The van der Waals surface area contributed by atoms with E-state index in [0.717, 1.165) is 29.7 Å². The van der Waals surface area contributed by atoms with Gasteiger partial charge in [-0.25, -0.2) is 9.18 Å². The molecule has 0 aliphatic heterocycles. The Morgan fingerprint density at radius 1 is 1.19 bits per heavy atom. The van der Waals surface area contributed by atoms with Crippen molar-refractivity contribution in [3.8, 4) is 5.69 Å². The molecule has 11 nitrogen and oxygen atoms in total. The van der Waals surface area contributed by atoms with Gasteiger partial charge in [-0.2, -0.15) is 21.6 Å². The molecule has 0 spiro atoms. The van der Waals surface area contributed by atoms with Crippen LogP contribution in [0.25, 0.3) is 5.69 Å². The number of aromatic nitrogens is 1. The topological polar surface area (TPSA) is 184 Å². The highest BCUT2D eigenvalue weighted by Gasteiger charge is 2.43. The minimum Gasteiger partial charge on any atom is -0.460 e. The Labute approximate surface area is 239 Å². The fraction of sp³-hybridized carbons (Fsp3) is 0.500. The van der Waals surface area contributed by atoms with Crippen molar-refractivity contribution in [1.29, 1.82) is 0 Å². The average molecular weight is 621 g/mol. The highest BCUT2D eigenvalue weighted by molar-refractivity contribution is 7.85. The number of carbonyl (C=O) groups is 3. The molecule has 2 aliphatic rings. The van der Waals surface area contributed by atoms with Gasteiger partial charge in [-0.3, -0.25) is 14.1 Å². The summed E-state index contributed by atoms with van der Waals surface area (Å²) >= 11 is 0. The van der Waals surface area contributed by atoms with Crippen LogP contribution < -0.4 is 16.8 Å². The van der Waals surface area contributed by atoms with Crippen LogP contribution in [0.4, 0.5) is 23.2 Å². The minimum absolute atomic E-state index is 0.0655. The quantitative estimate of drug-likeness (QED) is 0.162. The molecule has 1 aromatic carbocycles. The van der Waals surface area contributed by atoms with Crippen molar-refractivity contribution >= 4 is 33.5 Å². The lowest BCUT2D eigenvalue weighted by Gasteiger charge is -2.30. The van der Waals surface area contributed by atoms with Crippen LogP contribution in [0.15, 0.2) is 18.3 Å². The lowest BCUT2D eigenvalue weighted by molar-refractivity contribution is -0.149. The number of hydrogen-bond acceptors (Lipinski definition) is 8. The summed E-state index contributed by atoms with van der Waals surface area (Å²) in [6.45, 7) is 3.49. The molecule has 1 unspecified atom stereocenters. The third-order valence-corrected chi connectivity index (χ3v) is 6.73. The van der Waals surface area contributed by atoms with Gasteiger partial charge in [-0.05, 0) is 49.7 Å². The number of benzene rings is 1. The van der Waals surface area contributed by atoms with Gasteiger partial charge in [-0.15, -0.1) is 0 Å². The van der Waals surface area contributed by atoms with Gasteiger partial charge in [0.1, 0.15) is 11.9 Å². The monoisotopic (exact) mass is 620 g/mol. The molecule has 232 valence electrons. The summed E-state index contributed by atoms with van der Waals surface area (Å²) in [6, 6.07) is 2.01. The lowest BCUT2D eigenvalue weighted by atomic mass is 9.75. The smallest absolute Gasteiger partial charge is 0.418 e. The Bertz CT molecular complexity index is 1490. The number of amides is 1. The predicted octanol–water partition coefficient (Wildman–Crippen LogP) is 3.58. The maximum Gasteiger partial charge on any atom is 0.418 e. The summed E-state index contributed by atoms with van der Waals surface area (Å²) in [4.78, 5) is 37.2. The SMILES string of the molecule is CC1(C)CC(=O)c2c(C(F)(F)F)cn(-c3cc(F)c(C(N)=O)c(NC(N)C(=O)OC4CCCC4)c3)c2C1.CS(=O)(=O)O. The van der Waals surface area contributed by atoms with E-state index in [1.807, 2.05) is 0 Å².